The van der Waals surface area contributed by atoms with Crippen molar-refractivity contribution in [3.8, 4) is 6.07 Å². The molecule has 2 N–H and O–H groups in total. The number of anilines is 2. The summed E-state index contributed by atoms with van der Waals surface area (Å²) >= 11 is 6.54. The molecule has 0 saturated carbocycles. The van der Waals surface area contributed by atoms with Gasteiger partial charge >= 0.3 is 6.18 Å². The van der Waals surface area contributed by atoms with Crippen molar-refractivity contribution >= 4 is 40.6 Å². The molecular formula is C17H13ClF3N3OS. The number of hydrogen-bond acceptors (Lipinski definition) is 4. The minimum absolute atomic E-state index is 0.138. The Morgan fingerprint density at radius 3 is 2.62 bits per heavy atom. The standard InChI is InChI=1S/C17H13ClF3N3OS/c18-13-7-12(6-5-11(13)8-22)24-16(25)9-23-14-3-1-2-4-15(14)26-10-17(19,20)21/h1-7,23H,9-10H2,(H,24,25). The number of rotatable bonds is 6. The summed E-state index contributed by atoms with van der Waals surface area (Å²) in [6.45, 7) is -0.138. The Bertz CT molecular complexity index is 837. The molecule has 0 heterocycles. The van der Waals surface area contributed by atoms with Crippen LogP contribution in [0.1, 0.15) is 5.56 Å². The maximum absolute atomic E-state index is 12.4. The first-order valence-electron chi connectivity index (χ1n) is 7.30. The maximum atomic E-state index is 12.4. The summed E-state index contributed by atoms with van der Waals surface area (Å²) in [7, 11) is 0. The van der Waals surface area contributed by atoms with Crippen LogP contribution in [0.15, 0.2) is 47.4 Å². The molecule has 0 saturated heterocycles. The van der Waals surface area contributed by atoms with E-state index in [1.165, 1.54) is 18.2 Å². The van der Waals surface area contributed by atoms with Crippen LogP contribution in [0.3, 0.4) is 0 Å². The van der Waals surface area contributed by atoms with E-state index in [1.807, 2.05) is 6.07 Å². The Morgan fingerprint density at radius 1 is 1.23 bits per heavy atom. The van der Waals surface area contributed by atoms with Crippen LogP contribution in [0.5, 0.6) is 0 Å². The highest BCUT2D eigenvalue weighted by Crippen LogP contribution is 2.32. The average molecular weight is 400 g/mol. The number of nitrogens with one attached hydrogen (secondary N) is 2. The predicted molar refractivity (Wildman–Crippen MR) is 96.5 cm³/mol. The molecule has 2 rings (SSSR count). The van der Waals surface area contributed by atoms with Crippen LogP contribution in [0.2, 0.25) is 5.02 Å². The number of alkyl halides is 3. The zero-order chi connectivity index (χ0) is 19.2. The predicted octanol–water partition coefficient (Wildman–Crippen LogP) is 4.92. The summed E-state index contributed by atoms with van der Waals surface area (Å²) < 4.78 is 37.1. The van der Waals surface area contributed by atoms with E-state index in [9.17, 15) is 18.0 Å². The average Bonchev–Trinajstić information content (AvgIpc) is 2.58. The van der Waals surface area contributed by atoms with Gasteiger partial charge in [-0.3, -0.25) is 4.79 Å². The molecule has 136 valence electrons. The van der Waals surface area contributed by atoms with Crippen molar-refractivity contribution in [2.45, 2.75) is 11.1 Å². The summed E-state index contributed by atoms with van der Waals surface area (Å²) in [4.78, 5) is 12.4. The fraction of sp³-hybridized carbons (Fsp3) is 0.176. The lowest BCUT2D eigenvalue weighted by molar-refractivity contribution is -0.114. The van der Waals surface area contributed by atoms with Crippen molar-refractivity contribution in [3.05, 3.63) is 53.1 Å². The molecule has 0 aliphatic carbocycles. The molecule has 9 heteroatoms. The number of nitriles is 1. The zero-order valence-corrected chi connectivity index (χ0v) is 14.8. The third-order valence-electron chi connectivity index (χ3n) is 3.09. The van der Waals surface area contributed by atoms with Crippen LogP contribution in [-0.2, 0) is 4.79 Å². The Kier molecular flexibility index (Phi) is 6.77. The van der Waals surface area contributed by atoms with Crippen LogP contribution in [0.4, 0.5) is 24.5 Å². The molecule has 0 atom stereocenters. The van der Waals surface area contributed by atoms with Gasteiger partial charge in [0.05, 0.1) is 22.9 Å². The highest BCUT2D eigenvalue weighted by molar-refractivity contribution is 7.99. The van der Waals surface area contributed by atoms with Crippen molar-refractivity contribution in [1.29, 1.82) is 5.26 Å². The van der Waals surface area contributed by atoms with Gasteiger partial charge in [-0.05, 0) is 30.3 Å². The lowest BCUT2D eigenvalue weighted by Crippen LogP contribution is -2.22. The van der Waals surface area contributed by atoms with Gasteiger partial charge in [-0.15, -0.1) is 11.8 Å². The number of nitrogens with zero attached hydrogens (tertiary/aromatic N) is 1. The molecule has 0 bridgehead atoms. The second-order valence-corrected chi connectivity index (χ2v) is 6.53. The van der Waals surface area contributed by atoms with Gasteiger partial charge in [0.2, 0.25) is 5.91 Å². The smallest absolute Gasteiger partial charge is 0.375 e. The first kappa shape index (κ1) is 19.9. The highest BCUT2D eigenvalue weighted by Gasteiger charge is 2.27. The summed E-state index contributed by atoms with van der Waals surface area (Å²) in [5.41, 5.74) is 1.15. The SMILES string of the molecule is N#Cc1ccc(NC(=O)CNc2ccccc2SCC(F)(F)F)cc1Cl. The van der Waals surface area contributed by atoms with Crippen molar-refractivity contribution < 1.29 is 18.0 Å². The number of amides is 1. The number of thioether (sulfide) groups is 1. The van der Waals surface area contributed by atoms with Crippen LogP contribution in [0, 0.1) is 11.3 Å². The Labute approximate surface area is 157 Å². The quantitative estimate of drug-likeness (QED) is 0.677. The van der Waals surface area contributed by atoms with E-state index in [4.69, 9.17) is 16.9 Å². The largest absolute Gasteiger partial charge is 0.398 e. The molecule has 0 fully saturated rings. The van der Waals surface area contributed by atoms with Gasteiger partial charge in [0.1, 0.15) is 6.07 Å². The molecule has 0 aliphatic rings. The molecule has 0 spiro atoms. The van der Waals surface area contributed by atoms with Crippen LogP contribution >= 0.6 is 23.4 Å². The van der Waals surface area contributed by atoms with Gasteiger partial charge in [0.25, 0.3) is 0 Å². The van der Waals surface area contributed by atoms with E-state index in [0.717, 1.165) is 0 Å². The Morgan fingerprint density at radius 2 is 1.96 bits per heavy atom. The number of halogens is 4. The Hall–Kier alpha value is -2.37. The number of para-hydroxylation sites is 1. The van der Waals surface area contributed by atoms with E-state index in [2.05, 4.69) is 10.6 Å². The summed E-state index contributed by atoms with van der Waals surface area (Å²) in [6, 6.07) is 12.8. The monoisotopic (exact) mass is 399 g/mol. The Balaban J connectivity index is 1.95. The minimum atomic E-state index is -4.27. The van der Waals surface area contributed by atoms with Gasteiger partial charge in [-0.2, -0.15) is 18.4 Å². The lowest BCUT2D eigenvalue weighted by atomic mass is 10.2. The zero-order valence-electron chi connectivity index (χ0n) is 13.2. The summed E-state index contributed by atoms with van der Waals surface area (Å²) in [5, 5.41) is 14.5. The summed E-state index contributed by atoms with van der Waals surface area (Å²) in [6.07, 6.45) is -4.27. The van der Waals surface area contributed by atoms with Gasteiger partial charge in [-0.25, -0.2) is 0 Å². The maximum Gasteiger partial charge on any atom is 0.398 e. The second kappa shape index (κ2) is 8.83. The van der Waals surface area contributed by atoms with Gasteiger partial charge in [0.15, 0.2) is 0 Å². The molecule has 0 unspecified atom stereocenters. The van der Waals surface area contributed by atoms with Crippen LogP contribution in [-0.4, -0.2) is 24.4 Å². The van der Waals surface area contributed by atoms with E-state index in [0.29, 0.717) is 33.6 Å². The third-order valence-corrected chi connectivity index (χ3v) is 4.54. The summed E-state index contributed by atoms with van der Waals surface area (Å²) in [5.74, 6) is -1.41. The molecule has 2 aromatic rings. The molecular weight excluding hydrogens is 387 g/mol. The third kappa shape index (κ3) is 6.17. The van der Waals surface area contributed by atoms with E-state index in [1.54, 1.807) is 24.3 Å². The van der Waals surface area contributed by atoms with Crippen molar-refractivity contribution in [3.63, 3.8) is 0 Å². The fourth-order valence-electron chi connectivity index (χ4n) is 1.96. The highest BCUT2D eigenvalue weighted by atomic mass is 35.5. The van der Waals surface area contributed by atoms with Crippen molar-refractivity contribution in [2.75, 3.05) is 22.9 Å². The molecule has 1 amide bonds. The van der Waals surface area contributed by atoms with Gasteiger partial charge < -0.3 is 10.6 Å². The van der Waals surface area contributed by atoms with Crippen molar-refractivity contribution in [2.24, 2.45) is 0 Å². The van der Waals surface area contributed by atoms with Crippen LogP contribution in [0.25, 0.3) is 0 Å². The molecule has 0 aliphatic heterocycles. The van der Waals surface area contributed by atoms with Crippen LogP contribution < -0.4 is 10.6 Å². The molecule has 26 heavy (non-hydrogen) atoms. The fourth-order valence-corrected chi connectivity index (χ4v) is 2.97. The van der Waals surface area contributed by atoms with Gasteiger partial charge in [0, 0.05) is 16.3 Å². The normalized spacial score (nSPS) is 10.9. The number of carbonyl (C=O) groups excluding carboxylic acids is 1. The van der Waals surface area contributed by atoms with Crippen molar-refractivity contribution in [1.82, 2.24) is 0 Å². The molecule has 0 aromatic heterocycles. The minimum Gasteiger partial charge on any atom is -0.375 e. The number of hydrogen-bond donors (Lipinski definition) is 2. The first-order chi connectivity index (χ1) is 12.3. The number of benzene rings is 2. The lowest BCUT2D eigenvalue weighted by Gasteiger charge is -2.13. The first-order valence-corrected chi connectivity index (χ1v) is 8.67. The molecule has 4 nitrogen and oxygen atoms in total. The van der Waals surface area contributed by atoms with E-state index >= 15 is 0 Å². The van der Waals surface area contributed by atoms with E-state index in [-0.39, 0.29) is 11.6 Å². The topological polar surface area (TPSA) is 64.9 Å². The second-order valence-electron chi connectivity index (χ2n) is 5.11. The van der Waals surface area contributed by atoms with E-state index < -0.39 is 17.8 Å². The molecule has 0 radical (unpaired) electrons. The number of carbonyl (C=O) groups is 1. The molecule has 2 aromatic carbocycles. The van der Waals surface area contributed by atoms with Gasteiger partial charge in [-0.1, -0.05) is 23.7 Å².